The number of halogens is 11. The minimum Gasteiger partial charge on any atom is -0.494 e. The van der Waals surface area contributed by atoms with Crippen molar-refractivity contribution in [3.05, 3.63) is 82.1 Å². The molecule has 3 rings (SSSR count). The van der Waals surface area contributed by atoms with Crippen LogP contribution in [0.25, 0.3) is 0 Å². The summed E-state index contributed by atoms with van der Waals surface area (Å²) < 4.78 is 148. The molecule has 0 radical (unpaired) electrons. The zero-order valence-electron chi connectivity index (χ0n) is 22.1. The number of amides is 1. The summed E-state index contributed by atoms with van der Waals surface area (Å²) in [5.74, 6) is -6.08. The predicted octanol–water partition coefficient (Wildman–Crippen LogP) is 8.26. The summed E-state index contributed by atoms with van der Waals surface area (Å²) in [4.78, 5) is 27.4. The van der Waals surface area contributed by atoms with Crippen LogP contribution >= 0.6 is 11.6 Å². The molecule has 0 aliphatic carbocycles. The van der Waals surface area contributed by atoms with E-state index in [1.54, 1.807) is 0 Å². The predicted molar refractivity (Wildman–Crippen MR) is 135 cm³/mol. The normalized spacial score (nSPS) is 12.2. The fraction of sp³-hybridized carbons (Fsp3) is 0.259. The van der Waals surface area contributed by atoms with Gasteiger partial charge < -0.3 is 19.1 Å². The summed E-state index contributed by atoms with van der Waals surface area (Å²) >= 11 is 5.74. The van der Waals surface area contributed by atoms with Crippen LogP contribution in [0, 0.1) is 5.82 Å². The molecule has 0 N–H and O–H groups in total. The highest BCUT2D eigenvalue weighted by Gasteiger charge is 2.73. The van der Waals surface area contributed by atoms with Gasteiger partial charge in [0.05, 0.1) is 17.8 Å². The van der Waals surface area contributed by atoms with Gasteiger partial charge in [-0.3, -0.25) is 4.79 Å². The third kappa shape index (κ3) is 6.64. The summed E-state index contributed by atoms with van der Waals surface area (Å²) in [6, 6.07) is 7.43. The summed E-state index contributed by atoms with van der Waals surface area (Å²) in [5, 5.41) is -1.33. The van der Waals surface area contributed by atoms with E-state index in [1.165, 1.54) is 31.2 Å². The standard InChI is InChI=1S/C27H18ClF10NO5/c1-3-39(22(40)13-7-9-15(29)10-8-13)18-6-4-5-16(20(18)42-2)23(41)44-21-17(28)11-14(12-19(21)43-24(30)31)25(32,26(33,34)35)27(36,37)38/h4-12,24H,3H2,1-2H3. The molecule has 1 amide bonds. The van der Waals surface area contributed by atoms with Crippen LogP contribution in [-0.4, -0.2) is 44.5 Å². The fourth-order valence-corrected chi connectivity index (χ4v) is 4.22. The van der Waals surface area contributed by atoms with Gasteiger partial charge in [0.15, 0.2) is 17.2 Å². The number of methoxy groups -OCH3 is 1. The van der Waals surface area contributed by atoms with E-state index in [9.17, 15) is 53.5 Å². The second-order valence-corrected chi connectivity index (χ2v) is 9.03. The quantitative estimate of drug-likeness (QED) is 0.131. The van der Waals surface area contributed by atoms with Gasteiger partial charge in [-0.05, 0) is 55.5 Å². The molecular formula is C27H18ClF10NO5. The van der Waals surface area contributed by atoms with Crippen molar-refractivity contribution in [1.29, 1.82) is 0 Å². The first-order chi connectivity index (χ1) is 20.4. The van der Waals surface area contributed by atoms with Crippen LogP contribution in [0.5, 0.6) is 17.2 Å². The Morgan fingerprint density at radius 3 is 2.00 bits per heavy atom. The van der Waals surface area contributed by atoms with E-state index in [0.29, 0.717) is 0 Å². The van der Waals surface area contributed by atoms with Gasteiger partial charge in [0.25, 0.3) is 5.91 Å². The molecule has 3 aromatic rings. The fourth-order valence-electron chi connectivity index (χ4n) is 3.97. The highest BCUT2D eigenvalue weighted by Crippen LogP contribution is 2.55. The Bertz CT molecular complexity index is 1510. The second kappa shape index (κ2) is 12.8. The smallest absolute Gasteiger partial charge is 0.435 e. The van der Waals surface area contributed by atoms with Gasteiger partial charge in [0.2, 0.25) is 0 Å². The average Bonchev–Trinajstić information content (AvgIpc) is 2.93. The second-order valence-electron chi connectivity index (χ2n) is 8.62. The molecule has 0 aliphatic rings. The number of anilines is 1. The first-order valence-corrected chi connectivity index (χ1v) is 12.3. The van der Waals surface area contributed by atoms with E-state index in [4.69, 9.17) is 21.1 Å². The van der Waals surface area contributed by atoms with Crippen molar-refractivity contribution in [2.24, 2.45) is 0 Å². The molecule has 3 aromatic carbocycles. The minimum atomic E-state index is -6.63. The number of nitrogens with zero attached hydrogens (tertiary/aromatic N) is 1. The molecule has 0 aromatic heterocycles. The van der Waals surface area contributed by atoms with Crippen LogP contribution < -0.4 is 19.1 Å². The zero-order chi connectivity index (χ0) is 33.2. The number of esters is 1. The highest BCUT2D eigenvalue weighted by atomic mass is 35.5. The van der Waals surface area contributed by atoms with Crippen molar-refractivity contribution in [1.82, 2.24) is 0 Å². The number of hydrogen-bond donors (Lipinski definition) is 0. The number of hydrogen-bond acceptors (Lipinski definition) is 5. The molecular weight excluding hydrogens is 644 g/mol. The third-order valence-electron chi connectivity index (χ3n) is 5.96. The Morgan fingerprint density at radius 2 is 1.50 bits per heavy atom. The highest BCUT2D eigenvalue weighted by molar-refractivity contribution is 6.32. The molecule has 0 spiro atoms. The Hall–Kier alpha value is -4.21. The third-order valence-corrected chi connectivity index (χ3v) is 6.24. The first-order valence-electron chi connectivity index (χ1n) is 11.9. The molecule has 0 atom stereocenters. The molecule has 238 valence electrons. The lowest BCUT2D eigenvalue weighted by atomic mass is 9.93. The lowest BCUT2D eigenvalue weighted by Crippen LogP contribution is -2.50. The zero-order valence-corrected chi connectivity index (χ0v) is 22.9. The Balaban J connectivity index is 2.11. The number of benzene rings is 3. The summed E-state index contributed by atoms with van der Waals surface area (Å²) in [6.07, 6.45) is -13.3. The van der Waals surface area contributed by atoms with E-state index in [1.807, 2.05) is 0 Å². The number of carbonyl (C=O) groups excluding carboxylic acids is 2. The Labute approximate surface area is 246 Å². The van der Waals surface area contributed by atoms with E-state index in [0.717, 1.165) is 30.2 Å². The summed E-state index contributed by atoms with van der Waals surface area (Å²) in [7, 11) is 1.06. The van der Waals surface area contributed by atoms with Crippen LogP contribution in [0.3, 0.4) is 0 Å². The van der Waals surface area contributed by atoms with Crippen molar-refractivity contribution in [3.8, 4) is 17.2 Å². The van der Waals surface area contributed by atoms with Gasteiger partial charge in [-0.15, -0.1) is 0 Å². The molecule has 17 heteroatoms. The van der Waals surface area contributed by atoms with E-state index >= 15 is 0 Å². The largest absolute Gasteiger partial charge is 0.494 e. The molecule has 0 bridgehead atoms. The van der Waals surface area contributed by atoms with Crippen LogP contribution in [0.15, 0.2) is 54.6 Å². The lowest BCUT2D eigenvalue weighted by molar-refractivity contribution is -0.348. The number of ether oxygens (including phenoxy) is 3. The van der Waals surface area contributed by atoms with E-state index in [2.05, 4.69) is 4.74 Å². The van der Waals surface area contributed by atoms with E-state index < -0.39 is 70.0 Å². The number of rotatable bonds is 9. The summed E-state index contributed by atoms with van der Waals surface area (Å²) in [6.45, 7) is -2.40. The van der Waals surface area contributed by atoms with Crippen molar-refractivity contribution in [3.63, 3.8) is 0 Å². The SMILES string of the molecule is CCN(C(=O)c1ccc(F)cc1)c1cccc(C(=O)Oc2c(Cl)cc(C(F)(C(F)(F)F)C(F)(F)F)cc2OC(F)F)c1OC. The van der Waals surface area contributed by atoms with Crippen molar-refractivity contribution >= 4 is 29.2 Å². The molecule has 0 saturated heterocycles. The molecule has 0 aliphatic heterocycles. The maximum absolute atomic E-state index is 14.6. The monoisotopic (exact) mass is 661 g/mol. The van der Waals surface area contributed by atoms with Crippen LogP contribution in [0.1, 0.15) is 33.2 Å². The first kappa shape index (κ1) is 34.3. The van der Waals surface area contributed by atoms with Crippen LogP contribution in [-0.2, 0) is 5.67 Å². The Kier molecular flexibility index (Phi) is 9.97. The molecule has 0 fully saturated rings. The van der Waals surface area contributed by atoms with Crippen molar-refractivity contribution in [2.45, 2.75) is 31.6 Å². The maximum Gasteiger partial charge on any atom is 0.435 e. The summed E-state index contributed by atoms with van der Waals surface area (Å²) in [5.41, 5.74) is -8.91. The number of para-hydroxylation sites is 1. The van der Waals surface area contributed by atoms with Gasteiger partial charge in [0, 0.05) is 17.7 Å². The van der Waals surface area contributed by atoms with Crippen molar-refractivity contribution in [2.75, 3.05) is 18.6 Å². The average molecular weight is 662 g/mol. The Morgan fingerprint density at radius 1 is 0.909 bits per heavy atom. The number of carbonyl (C=O) groups is 2. The van der Waals surface area contributed by atoms with Gasteiger partial charge in [0.1, 0.15) is 11.4 Å². The van der Waals surface area contributed by atoms with Gasteiger partial charge in [-0.2, -0.15) is 35.1 Å². The molecule has 44 heavy (non-hydrogen) atoms. The lowest BCUT2D eigenvalue weighted by Gasteiger charge is -2.31. The van der Waals surface area contributed by atoms with Gasteiger partial charge >= 0.3 is 30.6 Å². The molecule has 0 saturated carbocycles. The topological polar surface area (TPSA) is 65.1 Å². The van der Waals surface area contributed by atoms with Crippen molar-refractivity contribution < 1.29 is 67.7 Å². The molecule has 0 heterocycles. The number of alkyl halides is 9. The van der Waals surface area contributed by atoms with Gasteiger partial charge in [-0.25, -0.2) is 13.6 Å². The molecule has 6 nitrogen and oxygen atoms in total. The maximum atomic E-state index is 14.6. The van der Waals surface area contributed by atoms with E-state index in [-0.39, 0.29) is 35.7 Å². The van der Waals surface area contributed by atoms with Crippen LogP contribution in [0.2, 0.25) is 5.02 Å². The minimum absolute atomic E-state index is 0.0330. The molecule has 0 unspecified atom stereocenters. The van der Waals surface area contributed by atoms with Gasteiger partial charge in [-0.1, -0.05) is 17.7 Å². The van der Waals surface area contributed by atoms with Crippen LogP contribution in [0.4, 0.5) is 49.6 Å².